The highest BCUT2D eigenvalue weighted by Crippen LogP contribution is 2.17. The highest BCUT2D eigenvalue weighted by Gasteiger charge is 2.20. The Morgan fingerprint density at radius 1 is 0.889 bits per heavy atom. The Morgan fingerprint density at radius 3 is 1.93 bits per heavy atom. The monoisotopic (exact) mass is 367 g/mol. The molecule has 0 radical (unpaired) electrons. The lowest BCUT2D eigenvalue weighted by Crippen LogP contribution is -2.40. The van der Waals surface area contributed by atoms with Crippen molar-refractivity contribution in [2.45, 2.75) is 65.0 Å². The molecular weight excluding hydrogens is 334 g/mol. The van der Waals surface area contributed by atoms with E-state index in [2.05, 4.69) is 54.7 Å². The first-order valence-corrected chi connectivity index (χ1v) is 9.89. The number of ether oxygens (including phenoxy) is 1. The molecule has 0 heterocycles. The molecule has 2 aromatic carbocycles. The summed E-state index contributed by atoms with van der Waals surface area (Å²) in [5, 5.41) is 3.08. The van der Waals surface area contributed by atoms with E-state index in [9.17, 15) is 4.79 Å². The lowest BCUT2D eigenvalue weighted by Gasteiger charge is -2.24. The fourth-order valence-corrected chi connectivity index (χ4v) is 3.20. The molecule has 0 aliphatic carbocycles. The number of alkyl carbamates (subject to hydrolysis) is 1. The van der Waals surface area contributed by atoms with Crippen LogP contribution in [0.5, 0.6) is 0 Å². The Morgan fingerprint density at radius 2 is 1.41 bits per heavy atom. The van der Waals surface area contributed by atoms with Crippen LogP contribution in [0.2, 0.25) is 0 Å². The molecule has 0 aliphatic rings. The number of carbonyl (C=O) groups excluding carboxylic acids is 1. The molecule has 2 atom stereocenters. The molecule has 0 unspecified atom stereocenters. The first kappa shape index (κ1) is 21.0. The molecule has 27 heavy (non-hydrogen) atoms. The minimum atomic E-state index is -0.484. The maximum absolute atomic E-state index is 12.3. The molecule has 0 spiro atoms. The predicted octanol–water partition coefficient (Wildman–Crippen LogP) is 5.78. The summed E-state index contributed by atoms with van der Waals surface area (Å²) in [5.74, 6) is 0.561. The SMILES string of the molecule is C[C@H](CC[C@H](Cc1ccccc1)NC(=O)OC(C)(C)C)Cc1ccccc1. The van der Waals surface area contributed by atoms with E-state index in [1.165, 1.54) is 11.1 Å². The van der Waals surface area contributed by atoms with Gasteiger partial charge in [-0.05, 0) is 63.5 Å². The van der Waals surface area contributed by atoms with E-state index in [1.807, 2.05) is 39.0 Å². The van der Waals surface area contributed by atoms with Gasteiger partial charge in [-0.3, -0.25) is 0 Å². The van der Waals surface area contributed by atoms with Crippen molar-refractivity contribution in [3.8, 4) is 0 Å². The van der Waals surface area contributed by atoms with E-state index in [-0.39, 0.29) is 12.1 Å². The first-order valence-electron chi connectivity index (χ1n) is 9.89. The lowest BCUT2D eigenvalue weighted by atomic mass is 9.93. The second-order valence-electron chi connectivity index (χ2n) is 8.41. The van der Waals surface area contributed by atoms with E-state index in [4.69, 9.17) is 4.74 Å². The maximum atomic E-state index is 12.3. The van der Waals surface area contributed by atoms with E-state index in [0.29, 0.717) is 5.92 Å². The van der Waals surface area contributed by atoms with Gasteiger partial charge in [0.1, 0.15) is 5.60 Å². The predicted molar refractivity (Wildman–Crippen MR) is 112 cm³/mol. The molecule has 0 aliphatic heterocycles. The number of hydrogen-bond donors (Lipinski definition) is 1. The molecule has 0 aromatic heterocycles. The molecule has 3 nitrogen and oxygen atoms in total. The van der Waals surface area contributed by atoms with Crippen LogP contribution in [0.25, 0.3) is 0 Å². The fourth-order valence-electron chi connectivity index (χ4n) is 3.20. The standard InChI is InChI=1S/C24H33NO2/c1-19(17-20-11-7-5-8-12-20)15-16-22(18-21-13-9-6-10-14-21)25-23(26)27-24(2,3)4/h5-14,19,22H,15-18H2,1-4H3,(H,25,26)/t19-,22-/m1/s1. The Bertz CT molecular complexity index is 677. The second-order valence-corrected chi connectivity index (χ2v) is 8.41. The van der Waals surface area contributed by atoms with Crippen molar-refractivity contribution in [2.24, 2.45) is 5.92 Å². The Balaban J connectivity index is 1.93. The molecule has 146 valence electrons. The summed E-state index contributed by atoms with van der Waals surface area (Å²) in [5.41, 5.74) is 2.11. The van der Waals surface area contributed by atoms with Crippen molar-refractivity contribution in [1.82, 2.24) is 5.32 Å². The zero-order valence-electron chi connectivity index (χ0n) is 17.1. The van der Waals surface area contributed by atoms with Gasteiger partial charge in [-0.15, -0.1) is 0 Å². The van der Waals surface area contributed by atoms with Crippen LogP contribution in [-0.2, 0) is 17.6 Å². The van der Waals surface area contributed by atoms with Crippen LogP contribution in [0.1, 0.15) is 51.7 Å². The highest BCUT2D eigenvalue weighted by molar-refractivity contribution is 5.68. The van der Waals surface area contributed by atoms with E-state index in [1.54, 1.807) is 0 Å². The average molecular weight is 368 g/mol. The number of benzene rings is 2. The topological polar surface area (TPSA) is 38.3 Å². The van der Waals surface area contributed by atoms with E-state index < -0.39 is 5.60 Å². The summed E-state index contributed by atoms with van der Waals surface area (Å²) in [6.07, 6.45) is 3.53. The van der Waals surface area contributed by atoms with Gasteiger partial charge >= 0.3 is 6.09 Å². The van der Waals surface area contributed by atoms with Gasteiger partial charge < -0.3 is 10.1 Å². The van der Waals surface area contributed by atoms with Crippen LogP contribution < -0.4 is 5.32 Å². The van der Waals surface area contributed by atoms with Crippen LogP contribution >= 0.6 is 0 Å². The van der Waals surface area contributed by atoms with Crippen molar-refractivity contribution in [2.75, 3.05) is 0 Å². The fraction of sp³-hybridized carbons (Fsp3) is 0.458. The van der Waals surface area contributed by atoms with Gasteiger partial charge in [0, 0.05) is 6.04 Å². The summed E-state index contributed by atoms with van der Waals surface area (Å²) >= 11 is 0. The molecule has 0 fully saturated rings. The summed E-state index contributed by atoms with van der Waals surface area (Å²) in [4.78, 5) is 12.3. The van der Waals surface area contributed by atoms with Crippen LogP contribution in [0.3, 0.4) is 0 Å². The Kier molecular flexibility index (Phi) is 7.90. The van der Waals surface area contributed by atoms with Crippen molar-refractivity contribution >= 4 is 6.09 Å². The second kappa shape index (κ2) is 10.1. The van der Waals surface area contributed by atoms with Crippen LogP contribution in [0, 0.1) is 5.92 Å². The lowest BCUT2D eigenvalue weighted by molar-refractivity contribution is 0.0500. The molecule has 2 aromatic rings. The van der Waals surface area contributed by atoms with Crippen molar-refractivity contribution in [1.29, 1.82) is 0 Å². The zero-order chi connectivity index (χ0) is 19.7. The smallest absolute Gasteiger partial charge is 0.407 e. The normalized spacial score (nSPS) is 13.6. The molecular formula is C24H33NO2. The number of hydrogen-bond acceptors (Lipinski definition) is 2. The average Bonchev–Trinajstić information content (AvgIpc) is 2.60. The molecule has 1 amide bonds. The molecule has 2 rings (SSSR count). The van der Waals surface area contributed by atoms with Gasteiger partial charge in [0.25, 0.3) is 0 Å². The maximum Gasteiger partial charge on any atom is 0.407 e. The van der Waals surface area contributed by atoms with Gasteiger partial charge in [-0.2, -0.15) is 0 Å². The number of nitrogens with one attached hydrogen (secondary N) is 1. The van der Waals surface area contributed by atoms with Gasteiger partial charge in [0.2, 0.25) is 0 Å². The third-order valence-electron chi connectivity index (χ3n) is 4.48. The minimum Gasteiger partial charge on any atom is -0.444 e. The largest absolute Gasteiger partial charge is 0.444 e. The summed E-state index contributed by atoms with van der Waals surface area (Å²) in [6.45, 7) is 7.95. The van der Waals surface area contributed by atoms with Gasteiger partial charge in [0.15, 0.2) is 0 Å². The summed E-state index contributed by atoms with van der Waals surface area (Å²) < 4.78 is 5.46. The Hall–Kier alpha value is -2.29. The number of amides is 1. The molecule has 0 saturated heterocycles. The molecule has 0 bridgehead atoms. The van der Waals surface area contributed by atoms with Crippen molar-refractivity contribution < 1.29 is 9.53 Å². The van der Waals surface area contributed by atoms with Gasteiger partial charge in [-0.25, -0.2) is 4.79 Å². The van der Waals surface area contributed by atoms with Crippen molar-refractivity contribution in [3.05, 3.63) is 71.8 Å². The third kappa shape index (κ3) is 8.76. The van der Waals surface area contributed by atoms with Crippen LogP contribution in [-0.4, -0.2) is 17.7 Å². The van der Waals surface area contributed by atoms with Crippen LogP contribution in [0.15, 0.2) is 60.7 Å². The Labute approximate surface area is 164 Å². The first-order chi connectivity index (χ1) is 12.8. The zero-order valence-corrected chi connectivity index (χ0v) is 17.1. The number of rotatable bonds is 8. The van der Waals surface area contributed by atoms with Crippen LogP contribution in [0.4, 0.5) is 4.79 Å². The molecule has 0 saturated carbocycles. The molecule has 1 N–H and O–H groups in total. The minimum absolute atomic E-state index is 0.0699. The van der Waals surface area contributed by atoms with Gasteiger partial charge in [0.05, 0.1) is 0 Å². The van der Waals surface area contributed by atoms with E-state index in [0.717, 1.165) is 25.7 Å². The highest BCUT2D eigenvalue weighted by atomic mass is 16.6. The molecule has 3 heteroatoms. The summed E-state index contributed by atoms with van der Waals surface area (Å²) in [7, 11) is 0. The summed E-state index contributed by atoms with van der Waals surface area (Å²) in [6, 6.07) is 21.0. The quantitative estimate of drug-likeness (QED) is 0.642. The van der Waals surface area contributed by atoms with Gasteiger partial charge in [-0.1, -0.05) is 67.6 Å². The number of carbonyl (C=O) groups is 1. The third-order valence-corrected chi connectivity index (χ3v) is 4.48. The van der Waals surface area contributed by atoms with E-state index >= 15 is 0 Å². The van der Waals surface area contributed by atoms with Crippen molar-refractivity contribution in [3.63, 3.8) is 0 Å².